The van der Waals surface area contributed by atoms with E-state index >= 15 is 0 Å². The summed E-state index contributed by atoms with van der Waals surface area (Å²) in [5.74, 6) is -0.609. The Labute approximate surface area is 182 Å². The molecular formula is C21H20BrFN4O2S. The highest BCUT2D eigenvalue weighted by molar-refractivity contribution is 9.10. The summed E-state index contributed by atoms with van der Waals surface area (Å²) >= 11 is 3.39. The number of nitrogens with one attached hydrogen (secondary N) is 2. The lowest BCUT2D eigenvalue weighted by atomic mass is 10.00. The molecule has 0 fully saturated rings. The summed E-state index contributed by atoms with van der Waals surface area (Å²) in [7, 11) is -3.56. The van der Waals surface area contributed by atoms with Crippen molar-refractivity contribution in [1.29, 1.82) is 5.41 Å². The van der Waals surface area contributed by atoms with Gasteiger partial charge in [0.15, 0.2) is 14.9 Å². The van der Waals surface area contributed by atoms with Crippen LogP contribution < -0.4 is 11.1 Å². The molecule has 0 aliphatic carbocycles. The van der Waals surface area contributed by atoms with Crippen LogP contribution in [0.4, 0.5) is 15.8 Å². The van der Waals surface area contributed by atoms with Crippen molar-refractivity contribution in [3.63, 3.8) is 0 Å². The fraction of sp³-hybridized carbons (Fsp3) is 0.143. The molecule has 3 rings (SSSR count). The third-order valence-corrected chi connectivity index (χ3v) is 5.97. The number of rotatable bonds is 7. The summed E-state index contributed by atoms with van der Waals surface area (Å²) in [6, 6.07) is 14.4. The maximum atomic E-state index is 14.3. The van der Waals surface area contributed by atoms with Gasteiger partial charge < -0.3 is 16.5 Å². The smallest absolute Gasteiger partial charge is 0.192 e. The van der Waals surface area contributed by atoms with E-state index in [1.165, 1.54) is 6.21 Å². The topological polar surface area (TPSA) is 109 Å². The summed E-state index contributed by atoms with van der Waals surface area (Å²) in [5.41, 5.74) is 9.16. The maximum Gasteiger partial charge on any atom is 0.192 e. The lowest BCUT2D eigenvalue weighted by Gasteiger charge is -2.19. The van der Waals surface area contributed by atoms with Crippen LogP contribution in [0.3, 0.4) is 0 Å². The standard InChI is InChI=1S/C21H20BrFN4O2S/c1-30(28,29)21-9-7-16(23)20(27-21)11-17(25)15-4-2-3-5-19(15)26-18-8-6-14(22)10-13(18)12-24/h2-10,12,17,24,26H,11,25H2,1H3/t17-/m0/s1. The molecule has 0 saturated carbocycles. The Balaban J connectivity index is 1.92. The van der Waals surface area contributed by atoms with Crippen molar-refractivity contribution in [1.82, 2.24) is 4.98 Å². The third-order valence-electron chi connectivity index (χ3n) is 4.48. The lowest BCUT2D eigenvalue weighted by Crippen LogP contribution is -2.17. The van der Waals surface area contributed by atoms with Gasteiger partial charge in [0.05, 0.1) is 5.69 Å². The number of para-hydroxylation sites is 1. The molecule has 0 aliphatic rings. The van der Waals surface area contributed by atoms with Gasteiger partial charge in [-0.25, -0.2) is 17.8 Å². The van der Waals surface area contributed by atoms with E-state index in [1.54, 1.807) is 0 Å². The second-order valence-electron chi connectivity index (χ2n) is 6.75. The van der Waals surface area contributed by atoms with E-state index in [1.807, 2.05) is 42.5 Å². The molecule has 0 amide bonds. The van der Waals surface area contributed by atoms with Gasteiger partial charge in [-0.2, -0.15) is 0 Å². The molecule has 6 nitrogen and oxygen atoms in total. The molecule has 3 aromatic rings. The molecule has 0 aliphatic heterocycles. The molecular weight excluding hydrogens is 471 g/mol. The normalized spacial score (nSPS) is 12.4. The number of benzene rings is 2. The van der Waals surface area contributed by atoms with Crippen molar-refractivity contribution in [2.45, 2.75) is 17.5 Å². The lowest BCUT2D eigenvalue weighted by molar-refractivity contribution is 0.567. The first kappa shape index (κ1) is 22.1. The fourth-order valence-corrected chi connectivity index (χ4v) is 3.95. The Morgan fingerprint density at radius 2 is 1.93 bits per heavy atom. The summed E-state index contributed by atoms with van der Waals surface area (Å²) in [6.07, 6.45) is 2.28. The molecule has 1 heterocycles. The van der Waals surface area contributed by atoms with Crippen molar-refractivity contribution in [3.05, 3.63) is 81.7 Å². The van der Waals surface area contributed by atoms with Gasteiger partial charge in [0.1, 0.15) is 5.82 Å². The average Bonchev–Trinajstić information content (AvgIpc) is 2.70. The first-order valence-electron chi connectivity index (χ1n) is 8.96. The molecule has 0 unspecified atom stereocenters. The van der Waals surface area contributed by atoms with Crippen LogP contribution in [0.5, 0.6) is 0 Å². The highest BCUT2D eigenvalue weighted by atomic mass is 79.9. The van der Waals surface area contributed by atoms with E-state index in [2.05, 4.69) is 26.2 Å². The Kier molecular flexibility index (Phi) is 6.64. The molecule has 0 bridgehead atoms. The van der Waals surface area contributed by atoms with Crippen molar-refractivity contribution in [3.8, 4) is 0 Å². The number of hydrogen-bond donors (Lipinski definition) is 3. The van der Waals surface area contributed by atoms with Crippen LogP contribution in [0.1, 0.15) is 22.9 Å². The molecule has 1 atom stereocenters. The van der Waals surface area contributed by atoms with Gasteiger partial charge in [-0.3, -0.25) is 0 Å². The molecule has 0 radical (unpaired) electrons. The summed E-state index contributed by atoms with van der Waals surface area (Å²) in [4.78, 5) is 3.96. The minimum atomic E-state index is -3.56. The number of anilines is 2. The van der Waals surface area contributed by atoms with E-state index in [0.717, 1.165) is 28.5 Å². The van der Waals surface area contributed by atoms with E-state index in [-0.39, 0.29) is 17.1 Å². The third kappa shape index (κ3) is 5.10. The van der Waals surface area contributed by atoms with Crippen LogP contribution in [0.25, 0.3) is 0 Å². The van der Waals surface area contributed by atoms with Crippen molar-refractivity contribution in [2.75, 3.05) is 11.6 Å². The summed E-state index contributed by atoms with van der Waals surface area (Å²) in [5, 5.41) is 10.7. The molecule has 0 spiro atoms. The Morgan fingerprint density at radius 1 is 1.20 bits per heavy atom. The zero-order chi connectivity index (χ0) is 21.9. The van der Waals surface area contributed by atoms with Gasteiger partial charge in [0.2, 0.25) is 0 Å². The number of aromatic nitrogens is 1. The van der Waals surface area contributed by atoms with Gasteiger partial charge in [-0.05, 0) is 42.0 Å². The Bertz CT molecular complexity index is 1200. The minimum absolute atomic E-state index is 0.0101. The van der Waals surface area contributed by atoms with E-state index in [9.17, 15) is 12.8 Å². The molecule has 156 valence electrons. The van der Waals surface area contributed by atoms with Gasteiger partial charge in [-0.15, -0.1) is 0 Å². The number of hydrogen-bond acceptors (Lipinski definition) is 6. The highest BCUT2D eigenvalue weighted by Gasteiger charge is 2.18. The minimum Gasteiger partial charge on any atom is -0.355 e. The van der Waals surface area contributed by atoms with Gasteiger partial charge >= 0.3 is 0 Å². The van der Waals surface area contributed by atoms with Crippen LogP contribution in [0, 0.1) is 11.2 Å². The quantitative estimate of drug-likeness (QED) is 0.426. The molecule has 2 aromatic carbocycles. The SMILES string of the molecule is CS(=O)(=O)c1ccc(F)c(C[C@H](N)c2ccccc2Nc2ccc(Br)cc2C=N)n1. The predicted octanol–water partition coefficient (Wildman–Crippen LogP) is 4.37. The number of pyridine rings is 1. The zero-order valence-corrected chi connectivity index (χ0v) is 18.5. The van der Waals surface area contributed by atoms with E-state index in [0.29, 0.717) is 16.8 Å². The van der Waals surface area contributed by atoms with Crippen LogP contribution in [-0.2, 0) is 16.3 Å². The summed E-state index contributed by atoms with van der Waals surface area (Å²) < 4.78 is 38.6. The van der Waals surface area contributed by atoms with E-state index < -0.39 is 21.7 Å². The summed E-state index contributed by atoms with van der Waals surface area (Å²) in [6.45, 7) is 0. The van der Waals surface area contributed by atoms with Gasteiger partial charge in [0, 0.05) is 46.3 Å². The Morgan fingerprint density at radius 3 is 2.63 bits per heavy atom. The van der Waals surface area contributed by atoms with E-state index in [4.69, 9.17) is 11.1 Å². The molecule has 1 aromatic heterocycles. The van der Waals surface area contributed by atoms with Crippen molar-refractivity contribution < 1.29 is 12.8 Å². The number of nitrogens with zero attached hydrogens (tertiary/aromatic N) is 1. The number of sulfone groups is 1. The number of nitrogens with two attached hydrogens (primary N) is 1. The highest BCUT2D eigenvalue weighted by Crippen LogP contribution is 2.29. The first-order valence-corrected chi connectivity index (χ1v) is 11.6. The van der Waals surface area contributed by atoms with Crippen molar-refractivity contribution >= 4 is 43.4 Å². The number of halogens is 2. The maximum absolute atomic E-state index is 14.3. The zero-order valence-electron chi connectivity index (χ0n) is 16.1. The molecule has 4 N–H and O–H groups in total. The fourth-order valence-electron chi connectivity index (χ4n) is 2.98. The predicted molar refractivity (Wildman–Crippen MR) is 120 cm³/mol. The largest absolute Gasteiger partial charge is 0.355 e. The van der Waals surface area contributed by atoms with Gasteiger partial charge in [-0.1, -0.05) is 34.1 Å². The van der Waals surface area contributed by atoms with Gasteiger partial charge in [0.25, 0.3) is 0 Å². The van der Waals surface area contributed by atoms with Crippen LogP contribution in [0.2, 0.25) is 0 Å². The second-order valence-corrected chi connectivity index (χ2v) is 9.63. The van der Waals surface area contributed by atoms with Crippen LogP contribution >= 0.6 is 15.9 Å². The molecule has 30 heavy (non-hydrogen) atoms. The Hall–Kier alpha value is -2.62. The monoisotopic (exact) mass is 490 g/mol. The van der Waals surface area contributed by atoms with Crippen LogP contribution in [0.15, 0.2) is 64.1 Å². The molecule has 0 saturated heterocycles. The average molecular weight is 491 g/mol. The second kappa shape index (κ2) is 9.03. The van der Waals surface area contributed by atoms with Crippen molar-refractivity contribution in [2.24, 2.45) is 5.73 Å². The molecule has 9 heteroatoms. The first-order chi connectivity index (χ1) is 14.2. The van der Waals surface area contributed by atoms with Crippen LogP contribution in [-0.4, -0.2) is 25.9 Å².